The Balaban J connectivity index is 1.44. The van der Waals surface area contributed by atoms with Crippen LogP contribution in [0.4, 0.5) is 5.69 Å². The maximum Gasteiger partial charge on any atom is 0.338 e. The summed E-state index contributed by atoms with van der Waals surface area (Å²) in [6, 6.07) is 15.5. The van der Waals surface area contributed by atoms with E-state index in [4.69, 9.17) is 4.74 Å². The van der Waals surface area contributed by atoms with Gasteiger partial charge in [-0.2, -0.15) is 5.10 Å². The molecule has 3 aromatic rings. The first kappa shape index (κ1) is 22.5. The van der Waals surface area contributed by atoms with Crippen molar-refractivity contribution in [2.45, 2.75) is 13.8 Å². The first-order valence-corrected chi connectivity index (χ1v) is 10.2. The lowest BCUT2D eigenvalue weighted by Gasteiger charge is -2.21. The second-order valence-electron chi connectivity index (χ2n) is 6.80. The monoisotopic (exact) mass is 435 g/mol. The molecule has 0 saturated heterocycles. The molecule has 0 aliphatic carbocycles. The topological polar surface area (TPSA) is 106 Å². The number of hydrazine groups is 1. The van der Waals surface area contributed by atoms with Crippen LogP contribution in [-0.2, 0) is 9.53 Å². The highest BCUT2D eigenvalue weighted by molar-refractivity contribution is 5.96. The number of carbonyl (C=O) groups excluding carboxylic acids is 3. The van der Waals surface area contributed by atoms with Crippen LogP contribution in [0, 0.1) is 0 Å². The zero-order valence-corrected chi connectivity index (χ0v) is 17.9. The van der Waals surface area contributed by atoms with Gasteiger partial charge in [0.15, 0.2) is 6.61 Å². The largest absolute Gasteiger partial charge is 0.452 e. The summed E-state index contributed by atoms with van der Waals surface area (Å²) in [4.78, 5) is 38.4. The molecule has 0 fully saturated rings. The van der Waals surface area contributed by atoms with Crippen molar-refractivity contribution in [3.05, 3.63) is 78.1 Å². The number of hydrogen-bond acceptors (Lipinski definition) is 6. The van der Waals surface area contributed by atoms with E-state index in [1.54, 1.807) is 59.5 Å². The summed E-state index contributed by atoms with van der Waals surface area (Å²) < 4.78 is 6.65. The Labute approximate surface area is 186 Å². The minimum atomic E-state index is -0.653. The summed E-state index contributed by atoms with van der Waals surface area (Å²) in [6.07, 6.45) is 3.44. The molecule has 9 heteroatoms. The van der Waals surface area contributed by atoms with E-state index in [1.807, 2.05) is 12.1 Å². The molecule has 1 aromatic heterocycles. The number of benzene rings is 2. The molecule has 0 atom stereocenters. The van der Waals surface area contributed by atoms with E-state index in [0.29, 0.717) is 11.1 Å². The van der Waals surface area contributed by atoms with Crippen molar-refractivity contribution < 1.29 is 19.1 Å². The van der Waals surface area contributed by atoms with Crippen molar-refractivity contribution in [1.82, 2.24) is 20.6 Å². The summed E-state index contributed by atoms with van der Waals surface area (Å²) in [6.45, 7) is 5.32. The van der Waals surface area contributed by atoms with Crippen LogP contribution in [0.3, 0.4) is 0 Å². The third kappa shape index (κ3) is 5.72. The Morgan fingerprint density at radius 1 is 0.938 bits per heavy atom. The van der Waals surface area contributed by atoms with Crippen LogP contribution in [0.5, 0.6) is 0 Å². The van der Waals surface area contributed by atoms with Crippen LogP contribution >= 0.6 is 0 Å². The van der Waals surface area contributed by atoms with Crippen LogP contribution in [-0.4, -0.2) is 47.3 Å². The molecule has 0 aliphatic rings. The van der Waals surface area contributed by atoms with Gasteiger partial charge >= 0.3 is 5.97 Å². The highest BCUT2D eigenvalue weighted by Crippen LogP contribution is 2.14. The molecule has 3 rings (SSSR count). The van der Waals surface area contributed by atoms with Crippen LogP contribution in [0.15, 0.2) is 67.0 Å². The molecule has 0 saturated carbocycles. The normalized spacial score (nSPS) is 10.3. The molecule has 0 spiro atoms. The van der Waals surface area contributed by atoms with Gasteiger partial charge in [0.25, 0.3) is 11.8 Å². The first-order valence-electron chi connectivity index (χ1n) is 10.2. The van der Waals surface area contributed by atoms with Gasteiger partial charge in [0, 0.05) is 36.7 Å². The van der Waals surface area contributed by atoms with Crippen LogP contribution in [0.25, 0.3) is 5.69 Å². The summed E-state index contributed by atoms with van der Waals surface area (Å²) in [5.41, 5.74) is 7.05. The second-order valence-corrected chi connectivity index (χ2v) is 6.80. The van der Waals surface area contributed by atoms with E-state index >= 15 is 0 Å². The molecular weight excluding hydrogens is 410 g/mol. The number of esters is 1. The zero-order valence-electron chi connectivity index (χ0n) is 17.9. The maximum atomic E-state index is 12.2. The predicted octanol–water partition coefficient (Wildman–Crippen LogP) is 2.34. The summed E-state index contributed by atoms with van der Waals surface area (Å²) in [5.74, 6) is -1.77. The SMILES string of the molecule is CCN(CC)c1ccc(C(=O)NNC(=O)COC(=O)c2ccc(-n3cccn3)cc2)cc1. The second kappa shape index (κ2) is 10.8. The third-order valence-corrected chi connectivity index (χ3v) is 4.78. The van der Waals surface area contributed by atoms with Gasteiger partial charge in [0.2, 0.25) is 0 Å². The zero-order chi connectivity index (χ0) is 22.9. The minimum absolute atomic E-state index is 0.297. The first-order chi connectivity index (χ1) is 15.5. The van der Waals surface area contributed by atoms with Gasteiger partial charge < -0.3 is 9.64 Å². The van der Waals surface area contributed by atoms with Crippen molar-refractivity contribution in [3.63, 3.8) is 0 Å². The van der Waals surface area contributed by atoms with Crippen molar-refractivity contribution in [1.29, 1.82) is 0 Å². The van der Waals surface area contributed by atoms with Crippen molar-refractivity contribution in [2.24, 2.45) is 0 Å². The number of hydrogen-bond donors (Lipinski definition) is 2. The van der Waals surface area contributed by atoms with E-state index < -0.39 is 24.4 Å². The highest BCUT2D eigenvalue weighted by Gasteiger charge is 2.12. The van der Waals surface area contributed by atoms with Gasteiger partial charge in [-0.15, -0.1) is 0 Å². The molecule has 9 nitrogen and oxygen atoms in total. The fraction of sp³-hybridized carbons (Fsp3) is 0.217. The van der Waals surface area contributed by atoms with E-state index in [1.165, 1.54) is 0 Å². The minimum Gasteiger partial charge on any atom is -0.452 e. The lowest BCUT2D eigenvalue weighted by Crippen LogP contribution is -2.43. The summed E-state index contributed by atoms with van der Waals surface area (Å²) in [7, 11) is 0. The molecule has 1 heterocycles. The number of carbonyl (C=O) groups is 3. The van der Waals surface area contributed by atoms with Gasteiger partial charge in [0.05, 0.1) is 11.3 Å². The standard InChI is InChI=1S/C23H25N5O4/c1-3-27(4-2)19-10-6-17(7-11-19)22(30)26-25-21(29)16-32-23(31)18-8-12-20(13-9-18)28-15-5-14-24-28/h5-15H,3-4,16H2,1-2H3,(H,25,29)(H,26,30). The van der Waals surface area contributed by atoms with Crippen LogP contribution in [0.2, 0.25) is 0 Å². The molecule has 0 aliphatic heterocycles. The van der Waals surface area contributed by atoms with Gasteiger partial charge in [-0.25, -0.2) is 9.48 Å². The molecule has 0 bridgehead atoms. The fourth-order valence-electron chi connectivity index (χ4n) is 3.03. The molecule has 2 N–H and O–H groups in total. The van der Waals surface area contributed by atoms with Gasteiger partial charge in [-0.3, -0.25) is 20.4 Å². The quantitative estimate of drug-likeness (QED) is 0.416. The summed E-state index contributed by atoms with van der Waals surface area (Å²) in [5, 5.41) is 4.11. The van der Waals surface area contributed by atoms with E-state index in [-0.39, 0.29) is 0 Å². The number of rotatable bonds is 8. The van der Waals surface area contributed by atoms with Crippen molar-refractivity contribution in [2.75, 3.05) is 24.6 Å². The van der Waals surface area contributed by atoms with Gasteiger partial charge in [0.1, 0.15) is 0 Å². The Morgan fingerprint density at radius 3 is 2.19 bits per heavy atom. The lowest BCUT2D eigenvalue weighted by molar-refractivity contribution is -0.125. The Bertz CT molecular complexity index is 1040. The Morgan fingerprint density at radius 2 is 1.59 bits per heavy atom. The fourth-order valence-corrected chi connectivity index (χ4v) is 3.03. The molecule has 2 amide bonds. The molecule has 166 valence electrons. The number of nitrogens with one attached hydrogen (secondary N) is 2. The number of anilines is 1. The molecule has 32 heavy (non-hydrogen) atoms. The average Bonchev–Trinajstić information content (AvgIpc) is 3.37. The Hall–Kier alpha value is -4.14. The molecular formula is C23H25N5O4. The smallest absolute Gasteiger partial charge is 0.338 e. The van der Waals surface area contributed by atoms with Crippen molar-refractivity contribution >= 4 is 23.5 Å². The van der Waals surface area contributed by atoms with Crippen molar-refractivity contribution in [3.8, 4) is 5.69 Å². The van der Waals surface area contributed by atoms with Crippen LogP contribution < -0.4 is 15.8 Å². The van der Waals surface area contributed by atoms with E-state index in [0.717, 1.165) is 24.5 Å². The third-order valence-electron chi connectivity index (χ3n) is 4.78. The van der Waals surface area contributed by atoms with E-state index in [2.05, 4.69) is 34.7 Å². The number of amides is 2. The summed E-state index contributed by atoms with van der Waals surface area (Å²) >= 11 is 0. The van der Waals surface area contributed by atoms with E-state index in [9.17, 15) is 14.4 Å². The number of nitrogens with zero attached hydrogens (tertiary/aromatic N) is 3. The predicted molar refractivity (Wildman–Crippen MR) is 119 cm³/mol. The molecule has 2 aromatic carbocycles. The average molecular weight is 435 g/mol. The number of ether oxygens (including phenoxy) is 1. The maximum absolute atomic E-state index is 12.2. The number of aromatic nitrogens is 2. The molecule has 0 radical (unpaired) electrons. The highest BCUT2D eigenvalue weighted by atomic mass is 16.5. The molecule has 0 unspecified atom stereocenters. The van der Waals surface area contributed by atoms with Gasteiger partial charge in [-0.05, 0) is 68.4 Å². The lowest BCUT2D eigenvalue weighted by atomic mass is 10.2. The Kier molecular flexibility index (Phi) is 7.58. The van der Waals surface area contributed by atoms with Crippen LogP contribution in [0.1, 0.15) is 34.6 Å². The van der Waals surface area contributed by atoms with Gasteiger partial charge in [-0.1, -0.05) is 0 Å².